The molecule has 0 fully saturated rings. The third-order valence-electron chi connectivity index (χ3n) is 14.5. The molecule has 1 heteroatoms. The number of hydrogen-bond donors (Lipinski definition) is 0. The van der Waals surface area contributed by atoms with Gasteiger partial charge in [0.2, 0.25) is 0 Å². The predicted molar refractivity (Wildman–Crippen MR) is 236 cm³/mol. The van der Waals surface area contributed by atoms with Gasteiger partial charge in [0.05, 0.1) is 0 Å². The molecule has 0 N–H and O–H groups in total. The van der Waals surface area contributed by atoms with Gasteiger partial charge in [0, 0.05) is 12.4 Å². The van der Waals surface area contributed by atoms with E-state index in [0.29, 0.717) is 35.5 Å². The van der Waals surface area contributed by atoms with Crippen LogP contribution in [-0.4, -0.2) is 4.98 Å². The van der Waals surface area contributed by atoms with Gasteiger partial charge in [-0.3, -0.25) is 4.98 Å². The van der Waals surface area contributed by atoms with Gasteiger partial charge in [0.15, 0.2) is 0 Å². The molecule has 6 atom stereocenters. The minimum Gasteiger partial charge on any atom is -0.265 e. The van der Waals surface area contributed by atoms with Gasteiger partial charge in [-0.1, -0.05) is 134 Å². The lowest BCUT2D eigenvalue weighted by Gasteiger charge is -2.37. The summed E-state index contributed by atoms with van der Waals surface area (Å²) in [6, 6.07) is 32.6. The molecule has 56 heavy (non-hydrogen) atoms. The molecule has 0 bridgehead atoms. The number of benzene rings is 3. The van der Waals surface area contributed by atoms with Gasteiger partial charge in [-0.2, -0.15) is 0 Å². The molecule has 1 nitrogen and oxygen atoms in total. The minimum atomic E-state index is 0.443. The molecule has 10 rings (SSSR count). The number of allylic oxidation sites excluding steroid dienone is 14. The van der Waals surface area contributed by atoms with Gasteiger partial charge in [0.25, 0.3) is 0 Å². The maximum atomic E-state index is 4.37. The predicted octanol–water partition coefficient (Wildman–Crippen LogP) is 14.0. The van der Waals surface area contributed by atoms with E-state index >= 15 is 0 Å². The SMILES string of the molecule is C[C@@H]1C2=C(CCC(c3ccc4c(c3)C3=C(C=CCC3)[C@H](CC3C=CC=CC3)CC4)C2)c2ccccc2CC1C1C=C(c2ccccc2)C=C(c2ccncc2)C1. The molecule has 1 heterocycles. The van der Waals surface area contributed by atoms with Gasteiger partial charge >= 0.3 is 0 Å². The number of pyridine rings is 1. The first-order chi connectivity index (χ1) is 27.7. The highest BCUT2D eigenvalue weighted by Gasteiger charge is 2.38. The molecule has 0 saturated heterocycles. The number of aromatic nitrogens is 1. The Morgan fingerprint density at radius 1 is 0.714 bits per heavy atom. The fourth-order valence-electron chi connectivity index (χ4n) is 11.5. The van der Waals surface area contributed by atoms with Crippen molar-refractivity contribution < 1.29 is 0 Å². The second kappa shape index (κ2) is 15.5. The summed E-state index contributed by atoms with van der Waals surface area (Å²) in [5.41, 5.74) is 19.9. The van der Waals surface area contributed by atoms with Gasteiger partial charge in [-0.25, -0.2) is 0 Å². The van der Waals surface area contributed by atoms with Crippen LogP contribution in [0.15, 0.2) is 157 Å². The van der Waals surface area contributed by atoms with Crippen molar-refractivity contribution in [1.29, 1.82) is 0 Å². The highest BCUT2D eigenvalue weighted by Crippen LogP contribution is 2.52. The maximum absolute atomic E-state index is 4.37. The Kier molecular flexibility index (Phi) is 9.80. The van der Waals surface area contributed by atoms with Crippen LogP contribution in [0.4, 0.5) is 0 Å². The lowest BCUT2D eigenvalue weighted by atomic mass is 9.68. The van der Waals surface area contributed by atoms with Crippen LogP contribution in [0.5, 0.6) is 0 Å². The molecule has 0 amide bonds. The van der Waals surface area contributed by atoms with Crippen LogP contribution in [0.3, 0.4) is 0 Å². The van der Waals surface area contributed by atoms with Crippen LogP contribution in [0.1, 0.15) is 110 Å². The Hall–Kier alpha value is -5.01. The topological polar surface area (TPSA) is 12.9 Å². The van der Waals surface area contributed by atoms with Crippen molar-refractivity contribution in [1.82, 2.24) is 4.98 Å². The van der Waals surface area contributed by atoms with Crippen LogP contribution in [0, 0.1) is 29.6 Å². The summed E-state index contributed by atoms with van der Waals surface area (Å²) in [6.45, 7) is 2.59. The van der Waals surface area contributed by atoms with Crippen LogP contribution in [0.25, 0.3) is 22.3 Å². The van der Waals surface area contributed by atoms with E-state index in [1.807, 2.05) is 12.4 Å². The van der Waals surface area contributed by atoms with Crippen LogP contribution >= 0.6 is 0 Å². The molecule has 0 spiro atoms. The first-order valence-corrected chi connectivity index (χ1v) is 21.7. The van der Waals surface area contributed by atoms with Gasteiger partial charge in [0.1, 0.15) is 0 Å². The number of aryl methyl sites for hydroxylation is 1. The smallest absolute Gasteiger partial charge is 0.0273 e. The summed E-state index contributed by atoms with van der Waals surface area (Å²) in [5.74, 6) is 3.33. The van der Waals surface area contributed by atoms with E-state index in [9.17, 15) is 0 Å². The first-order valence-electron chi connectivity index (χ1n) is 21.7. The summed E-state index contributed by atoms with van der Waals surface area (Å²) >= 11 is 0. The van der Waals surface area contributed by atoms with E-state index in [1.165, 1.54) is 85.6 Å². The number of fused-ring (bicyclic) bond motifs is 4. The Bertz CT molecular complexity index is 2320. The Balaban J connectivity index is 0.989. The summed E-state index contributed by atoms with van der Waals surface area (Å²) in [7, 11) is 0. The van der Waals surface area contributed by atoms with Crippen molar-refractivity contribution in [2.75, 3.05) is 0 Å². The van der Waals surface area contributed by atoms with Crippen molar-refractivity contribution in [2.45, 2.75) is 83.5 Å². The highest BCUT2D eigenvalue weighted by atomic mass is 14.6. The van der Waals surface area contributed by atoms with E-state index in [0.717, 1.165) is 12.8 Å². The average molecular weight is 730 g/mol. The molecule has 0 radical (unpaired) electrons. The second-order valence-electron chi connectivity index (χ2n) is 17.6. The maximum Gasteiger partial charge on any atom is 0.0273 e. The number of rotatable bonds is 6. The Morgan fingerprint density at radius 2 is 1.59 bits per heavy atom. The third kappa shape index (κ3) is 6.89. The molecule has 6 aliphatic rings. The normalized spacial score (nSPS) is 26.9. The van der Waals surface area contributed by atoms with E-state index in [4.69, 9.17) is 0 Å². The standard InChI is InChI=1S/C55H55N/c1-37-53(48-32-46(39-14-6-3-7-15-39)31-47(33-48)40-26-28-56-29-27-40)36-44-16-8-9-17-49(44)52-25-24-43(34-54(37)52)42-22-20-41-21-23-45(30-38-12-4-2-5-13-38)50-18-10-11-19-51(50)55(41)35-42/h2-10,12,14-18,20,22,26-29,31-32,35,37-38,43,45,48,53H,11,13,19,21,23-25,30,33-34,36H2,1H3/t37-,38?,43?,45-,48?,53?/m0/s1. The van der Waals surface area contributed by atoms with Gasteiger partial charge in [-0.15, -0.1) is 0 Å². The molecule has 280 valence electrons. The summed E-state index contributed by atoms with van der Waals surface area (Å²) < 4.78 is 0. The molecular weight excluding hydrogens is 675 g/mol. The quantitative estimate of drug-likeness (QED) is 0.193. The van der Waals surface area contributed by atoms with Crippen LogP contribution < -0.4 is 0 Å². The van der Waals surface area contributed by atoms with Crippen molar-refractivity contribution in [2.24, 2.45) is 29.6 Å². The van der Waals surface area contributed by atoms with Crippen molar-refractivity contribution >= 4 is 22.3 Å². The molecule has 6 aliphatic carbocycles. The summed E-state index contributed by atoms with van der Waals surface area (Å²) in [6.07, 6.45) is 36.3. The monoisotopic (exact) mass is 729 g/mol. The first kappa shape index (κ1) is 35.4. The lowest BCUT2D eigenvalue weighted by molar-refractivity contribution is 0.304. The zero-order valence-electron chi connectivity index (χ0n) is 33.0. The highest BCUT2D eigenvalue weighted by molar-refractivity contribution is 5.86. The zero-order valence-corrected chi connectivity index (χ0v) is 33.0. The summed E-state index contributed by atoms with van der Waals surface area (Å²) in [5, 5.41) is 0. The number of hydrogen-bond acceptors (Lipinski definition) is 1. The fourth-order valence-corrected chi connectivity index (χ4v) is 11.5. The second-order valence-corrected chi connectivity index (χ2v) is 17.6. The van der Waals surface area contributed by atoms with Crippen molar-refractivity contribution in [3.05, 3.63) is 196 Å². The van der Waals surface area contributed by atoms with Crippen LogP contribution in [-0.2, 0) is 12.8 Å². The third-order valence-corrected chi connectivity index (χ3v) is 14.5. The largest absolute Gasteiger partial charge is 0.265 e. The molecule has 4 aromatic rings. The minimum absolute atomic E-state index is 0.443. The molecule has 1 aromatic heterocycles. The zero-order chi connectivity index (χ0) is 37.4. The fraction of sp³-hybridized carbons (Fsp3) is 0.327. The van der Waals surface area contributed by atoms with Crippen molar-refractivity contribution in [3.63, 3.8) is 0 Å². The molecule has 4 unspecified atom stereocenters. The van der Waals surface area contributed by atoms with E-state index < -0.39 is 0 Å². The van der Waals surface area contributed by atoms with Crippen LogP contribution in [0.2, 0.25) is 0 Å². The van der Waals surface area contributed by atoms with Crippen molar-refractivity contribution in [3.8, 4) is 0 Å². The van der Waals surface area contributed by atoms with E-state index in [1.54, 1.807) is 44.5 Å². The number of nitrogens with zero attached hydrogens (tertiary/aromatic N) is 1. The van der Waals surface area contributed by atoms with Gasteiger partial charge < -0.3 is 0 Å². The van der Waals surface area contributed by atoms with Gasteiger partial charge in [-0.05, 0) is 185 Å². The molecular formula is C55H55N. The molecule has 0 saturated carbocycles. The Labute approximate surface area is 335 Å². The summed E-state index contributed by atoms with van der Waals surface area (Å²) in [4.78, 5) is 4.37. The van der Waals surface area contributed by atoms with E-state index in [-0.39, 0.29) is 0 Å². The lowest BCUT2D eigenvalue weighted by Crippen LogP contribution is -2.26. The Morgan fingerprint density at radius 3 is 2.46 bits per heavy atom. The van der Waals surface area contributed by atoms with E-state index in [2.05, 4.69) is 145 Å². The molecule has 0 aliphatic heterocycles. The molecule has 3 aromatic carbocycles. The average Bonchev–Trinajstić information content (AvgIpc) is 3.50.